The van der Waals surface area contributed by atoms with Crippen molar-refractivity contribution in [1.82, 2.24) is 5.32 Å². The first-order valence-corrected chi connectivity index (χ1v) is 5.25. The molecule has 1 N–H and O–H groups in total. The summed E-state index contributed by atoms with van der Waals surface area (Å²) in [4.78, 5) is 0. The van der Waals surface area contributed by atoms with E-state index in [1.807, 2.05) is 0 Å². The summed E-state index contributed by atoms with van der Waals surface area (Å²) < 4.78 is 21.8. The molecule has 1 fully saturated rings. The molecule has 0 atom stereocenters. The standard InChI is InChI=1S/C6H12NO2S/c1-10(8,9)6-2-4-7-5-3-6/h7H,2-5H2,1H3. The maximum absolute atomic E-state index is 10.9. The Morgan fingerprint density at radius 3 is 2.10 bits per heavy atom. The van der Waals surface area contributed by atoms with E-state index in [1.165, 1.54) is 6.26 Å². The van der Waals surface area contributed by atoms with Crippen LogP contribution in [0.25, 0.3) is 0 Å². The Morgan fingerprint density at radius 2 is 1.80 bits per heavy atom. The molecule has 0 aliphatic carbocycles. The highest BCUT2D eigenvalue weighted by Gasteiger charge is 2.23. The van der Waals surface area contributed by atoms with Gasteiger partial charge in [0.05, 0.1) is 5.25 Å². The normalized spacial score (nSPS) is 22.9. The van der Waals surface area contributed by atoms with Gasteiger partial charge in [-0.3, -0.25) is 0 Å². The van der Waals surface area contributed by atoms with E-state index < -0.39 is 9.84 Å². The molecule has 0 amide bonds. The highest BCUT2D eigenvalue weighted by Crippen LogP contribution is 2.19. The summed E-state index contributed by atoms with van der Waals surface area (Å²) in [5.74, 6) is 0. The zero-order valence-electron chi connectivity index (χ0n) is 6.05. The lowest BCUT2D eigenvalue weighted by atomic mass is 10.2. The molecule has 0 aromatic carbocycles. The van der Waals surface area contributed by atoms with Crippen molar-refractivity contribution >= 4 is 9.84 Å². The molecule has 0 unspecified atom stereocenters. The Balaban J connectivity index is 2.56. The van der Waals surface area contributed by atoms with E-state index in [-0.39, 0.29) is 0 Å². The van der Waals surface area contributed by atoms with Crippen molar-refractivity contribution in [2.45, 2.75) is 12.8 Å². The molecule has 1 radical (unpaired) electrons. The zero-order chi connectivity index (χ0) is 7.61. The summed E-state index contributed by atoms with van der Waals surface area (Å²) in [6.45, 7) is 1.62. The monoisotopic (exact) mass is 162 g/mol. The summed E-state index contributed by atoms with van der Waals surface area (Å²) in [6.07, 6.45) is 2.67. The maximum Gasteiger partial charge on any atom is 0.154 e. The van der Waals surface area contributed by atoms with Crippen molar-refractivity contribution in [2.75, 3.05) is 19.3 Å². The largest absolute Gasteiger partial charge is 0.317 e. The van der Waals surface area contributed by atoms with Gasteiger partial charge in [-0.1, -0.05) is 0 Å². The summed E-state index contributed by atoms with van der Waals surface area (Å²) in [5, 5.41) is 3.80. The highest BCUT2D eigenvalue weighted by molar-refractivity contribution is 7.93. The lowest BCUT2D eigenvalue weighted by molar-refractivity contribution is 0.552. The molecule has 0 saturated carbocycles. The van der Waals surface area contributed by atoms with Gasteiger partial charge < -0.3 is 5.32 Å². The van der Waals surface area contributed by atoms with Crippen LogP contribution in [-0.2, 0) is 9.84 Å². The molecular formula is C6H12NO2S. The average Bonchev–Trinajstić information content (AvgIpc) is 1.88. The first kappa shape index (κ1) is 8.01. The van der Waals surface area contributed by atoms with E-state index in [1.54, 1.807) is 0 Å². The zero-order valence-corrected chi connectivity index (χ0v) is 6.87. The summed E-state index contributed by atoms with van der Waals surface area (Å²) in [7, 11) is -2.85. The second kappa shape index (κ2) is 2.88. The van der Waals surface area contributed by atoms with E-state index in [0.717, 1.165) is 13.1 Å². The van der Waals surface area contributed by atoms with Crippen molar-refractivity contribution in [3.05, 3.63) is 5.25 Å². The number of nitrogens with one attached hydrogen (secondary N) is 1. The fourth-order valence-electron chi connectivity index (χ4n) is 1.08. The van der Waals surface area contributed by atoms with Crippen LogP contribution in [-0.4, -0.2) is 27.8 Å². The Bertz CT molecular complexity index is 192. The number of hydrogen-bond donors (Lipinski definition) is 1. The van der Waals surface area contributed by atoms with Crippen molar-refractivity contribution < 1.29 is 8.42 Å². The molecule has 1 aliphatic rings. The molecule has 0 aromatic heterocycles. The Morgan fingerprint density at radius 1 is 1.30 bits per heavy atom. The van der Waals surface area contributed by atoms with Crippen LogP contribution in [0, 0.1) is 5.25 Å². The van der Waals surface area contributed by atoms with Crippen LogP contribution in [0.1, 0.15) is 12.8 Å². The van der Waals surface area contributed by atoms with Gasteiger partial charge in [-0.25, -0.2) is 8.42 Å². The van der Waals surface area contributed by atoms with E-state index in [0.29, 0.717) is 18.1 Å². The third kappa shape index (κ3) is 1.95. The Labute approximate surface area is 61.7 Å². The van der Waals surface area contributed by atoms with Crippen LogP contribution < -0.4 is 5.32 Å². The molecule has 0 spiro atoms. The first-order valence-electron chi connectivity index (χ1n) is 3.36. The number of hydrogen-bond acceptors (Lipinski definition) is 3. The lowest BCUT2D eigenvalue weighted by Crippen LogP contribution is -2.30. The van der Waals surface area contributed by atoms with Gasteiger partial charge >= 0.3 is 0 Å². The summed E-state index contributed by atoms with van der Waals surface area (Å²) >= 11 is 0. The molecule has 1 aliphatic heterocycles. The van der Waals surface area contributed by atoms with Crippen molar-refractivity contribution in [3.63, 3.8) is 0 Å². The predicted molar refractivity (Wildman–Crippen MR) is 40.2 cm³/mol. The molecule has 0 aromatic rings. The summed E-state index contributed by atoms with van der Waals surface area (Å²) in [5.41, 5.74) is 0. The fourth-order valence-corrected chi connectivity index (χ4v) is 2.02. The van der Waals surface area contributed by atoms with Gasteiger partial charge in [0.15, 0.2) is 9.84 Å². The van der Waals surface area contributed by atoms with E-state index >= 15 is 0 Å². The molecule has 1 saturated heterocycles. The van der Waals surface area contributed by atoms with Crippen LogP contribution in [0.15, 0.2) is 0 Å². The quantitative estimate of drug-likeness (QED) is 0.588. The van der Waals surface area contributed by atoms with Crippen LogP contribution in [0.3, 0.4) is 0 Å². The molecule has 1 heterocycles. The molecule has 0 bridgehead atoms. The average molecular weight is 162 g/mol. The Hall–Kier alpha value is -0.0900. The number of sulfone groups is 1. The van der Waals surface area contributed by atoms with Gasteiger partial charge in [-0.2, -0.15) is 0 Å². The van der Waals surface area contributed by atoms with Gasteiger partial charge in [-0.05, 0) is 25.9 Å². The van der Waals surface area contributed by atoms with E-state index in [4.69, 9.17) is 0 Å². The third-order valence-corrected chi connectivity index (χ3v) is 3.14. The van der Waals surface area contributed by atoms with Gasteiger partial charge in [0.2, 0.25) is 0 Å². The van der Waals surface area contributed by atoms with E-state index in [2.05, 4.69) is 5.32 Å². The number of piperidine rings is 1. The topological polar surface area (TPSA) is 46.2 Å². The minimum Gasteiger partial charge on any atom is -0.317 e. The third-order valence-electron chi connectivity index (χ3n) is 1.69. The van der Waals surface area contributed by atoms with Crippen LogP contribution in [0.2, 0.25) is 0 Å². The van der Waals surface area contributed by atoms with E-state index in [9.17, 15) is 8.42 Å². The SMILES string of the molecule is CS(=O)(=O)[C]1CCNCC1. The van der Waals surface area contributed by atoms with Crippen molar-refractivity contribution in [3.8, 4) is 0 Å². The number of rotatable bonds is 1. The second-order valence-corrected chi connectivity index (χ2v) is 4.68. The lowest BCUT2D eigenvalue weighted by Gasteiger charge is -2.19. The van der Waals surface area contributed by atoms with Crippen LogP contribution in [0.5, 0.6) is 0 Å². The predicted octanol–water partition coefficient (Wildman–Crippen LogP) is -0.0536. The molecule has 1 rings (SSSR count). The van der Waals surface area contributed by atoms with Crippen LogP contribution in [0.4, 0.5) is 0 Å². The van der Waals surface area contributed by atoms with Gasteiger partial charge in [0, 0.05) is 6.26 Å². The molecule has 10 heavy (non-hydrogen) atoms. The minimum atomic E-state index is -2.85. The highest BCUT2D eigenvalue weighted by atomic mass is 32.2. The Kier molecular flexibility index (Phi) is 2.31. The maximum atomic E-state index is 10.9. The molecule has 3 nitrogen and oxygen atoms in total. The van der Waals surface area contributed by atoms with Crippen LogP contribution >= 0.6 is 0 Å². The van der Waals surface area contributed by atoms with Crippen molar-refractivity contribution in [1.29, 1.82) is 0 Å². The minimum absolute atomic E-state index is 0.693. The smallest absolute Gasteiger partial charge is 0.154 e. The van der Waals surface area contributed by atoms with Gasteiger partial charge in [0.25, 0.3) is 0 Å². The van der Waals surface area contributed by atoms with Gasteiger partial charge in [-0.15, -0.1) is 0 Å². The van der Waals surface area contributed by atoms with Gasteiger partial charge in [0.1, 0.15) is 0 Å². The summed E-state index contributed by atoms with van der Waals surface area (Å²) in [6, 6.07) is 0. The first-order chi connectivity index (χ1) is 4.61. The molecule has 59 valence electrons. The fraction of sp³-hybridized carbons (Fsp3) is 0.833. The van der Waals surface area contributed by atoms with Crippen molar-refractivity contribution in [2.24, 2.45) is 0 Å². The molecule has 4 heteroatoms. The molecular weight excluding hydrogens is 150 g/mol. The second-order valence-electron chi connectivity index (χ2n) is 2.56.